The molecule has 0 heterocycles. The Kier molecular flexibility index (Phi) is 5.49. The summed E-state index contributed by atoms with van der Waals surface area (Å²) < 4.78 is 6.61. The van der Waals surface area contributed by atoms with Gasteiger partial charge in [0.15, 0.2) is 0 Å². The molecule has 1 aromatic carbocycles. The molecule has 20 heavy (non-hydrogen) atoms. The maximum absolute atomic E-state index is 11.9. The highest BCUT2D eigenvalue weighted by Crippen LogP contribution is 2.34. The van der Waals surface area contributed by atoms with E-state index in [9.17, 15) is 4.79 Å². The number of carbonyl (C=O) groups is 1. The summed E-state index contributed by atoms with van der Waals surface area (Å²) in [7, 11) is 1.41. The van der Waals surface area contributed by atoms with Crippen molar-refractivity contribution in [2.75, 3.05) is 12.4 Å². The van der Waals surface area contributed by atoms with Gasteiger partial charge in [-0.3, -0.25) is 0 Å². The Bertz CT molecular complexity index is 505. The van der Waals surface area contributed by atoms with Crippen LogP contribution in [0.5, 0.6) is 0 Å². The largest absolute Gasteiger partial charge is 0.465 e. The van der Waals surface area contributed by atoms with Crippen molar-refractivity contribution in [1.29, 1.82) is 0 Å². The number of rotatable bonds is 3. The van der Waals surface area contributed by atoms with E-state index in [4.69, 9.17) is 4.74 Å². The van der Waals surface area contributed by atoms with Gasteiger partial charge in [0.25, 0.3) is 0 Å². The van der Waals surface area contributed by atoms with E-state index in [-0.39, 0.29) is 5.97 Å². The molecule has 0 aliphatic heterocycles. The fourth-order valence-corrected chi connectivity index (χ4v) is 4.10. The summed E-state index contributed by atoms with van der Waals surface area (Å²) in [6, 6.07) is 4.16. The van der Waals surface area contributed by atoms with Crippen molar-refractivity contribution in [2.24, 2.45) is 5.92 Å². The highest BCUT2D eigenvalue weighted by molar-refractivity contribution is 9.11. The fraction of sp³-hybridized carbons (Fsp3) is 0.533. The third kappa shape index (κ3) is 3.76. The Morgan fingerprint density at radius 2 is 2.10 bits per heavy atom. The number of benzene rings is 1. The molecule has 1 saturated carbocycles. The maximum Gasteiger partial charge on any atom is 0.340 e. The first-order valence-corrected chi connectivity index (χ1v) is 8.43. The SMILES string of the molecule is COC(=O)c1cc(Br)cc(Br)c1NC1CCCC(C)C1. The summed E-state index contributed by atoms with van der Waals surface area (Å²) in [5.74, 6) is 0.412. The second-order valence-electron chi connectivity index (χ2n) is 5.41. The molecule has 5 heteroatoms. The predicted molar refractivity (Wildman–Crippen MR) is 88.2 cm³/mol. The van der Waals surface area contributed by atoms with E-state index in [0.29, 0.717) is 11.6 Å². The van der Waals surface area contributed by atoms with Gasteiger partial charge in [0.1, 0.15) is 0 Å². The van der Waals surface area contributed by atoms with Crippen LogP contribution in [0.2, 0.25) is 0 Å². The number of methoxy groups -OCH3 is 1. The number of hydrogen-bond acceptors (Lipinski definition) is 3. The van der Waals surface area contributed by atoms with E-state index < -0.39 is 0 Å². The lowest BCUT2D eigenvalue weighted by molar-refractivity contribution is 0.0601. The molecule has 2 atom stereocenters. The Morgan fingerprint density at radius 3 is 2.75 bits per heavy atom. The van der Waals surface area contributed by atoms with Crippen molar-refractivity contribution >= 4 is 43.5 Å². The van der Waals surface area contributed by atoms with Gasteiger partial charge in [0.2, 0.25) is 0 Å². The van der Waals surface area contributed by atoms with Crippen LogP contribution in [0.4, 0.5) is 5.69 Å². The minimum absolute atomic E-state index is 0.321. The average Bonchev–Trinajstić information content (AvgIpc) is 2.40. The molecule has 1 aliphatic carbocycles. The maximum atomic E-state index is 11.9. The molecule has 1 N–H and O–H groups in total. The molecular weight excluding hydrogens is 386 g/mol. The lowest BCUT2D eigenvalue weighted by atomic mass is 9.87. The normalized spacial score (nSPS) is 22.4. The molecule has 0 saturated heterocycles. The van der Waals surface area contributed by atoms with Gasteiger partial charge in [-0.1, -0.05) is 35.7 Å². The molecule has 0 amide bonds. The fourth-order valence-electron chi connectivity index (χ4n) is 2.76. The lowest BCUT2D eigenvalue weighted by Crippen LogP contribution is -2.27. The number of anilines is 1. The van der Waals surface area contributed by atoms with Crippen LogP contribution >= 0.6 is 31.9 Å². The third-order valence-corrected chi connectivity index (χ3v) is 4.83. The van der Waals surface area contributed by atoms with E-state index in [1.807, 2.05) is 6.07 Å². The Balaban J connectivity index is 2.27. The first kappa shape index (κ1) is 15.8. The molecule has 3 nitrogen and oxygen atoms in total. The Labute approximate surface area is 136 Å². The van der Waals surface area contributed by atoms with Crippen LogP contribution in [-0.2, 0) is 4.74 Å². The number of ether oxygens (including phenoxy) is 1. The molecule has 0 spiro atoms. The highest BCUT2D eigenvalue weighted by atomic mass is 79.9. The van der Waals surface area contributed by atoms with Crippen molar-refractivity contribution < 1.29 is 9.53 Å². The standard InChI is InChI=1S/C15H19Br2NO2/c1-9-4-3-5-11(6-9)18-14-12(15(19)20-2)7-10(16)8-13(14)17/h7-9,11,18H,3-6H2,1-2H3. The van der Waals surface area contributed by atoms with Crippen molar-refractivity contribution in [3.63, 3.8) is 0 Å². The number of halogens is 2. The van der Waals surface area contributed by atoms with Crippen LogP contribution in [0.1, 0.15) is 43.0 Å². The minimum Gasteiger partial charge on any atom is -0.465 e. The zero-order valence-corrected chi connectivity index (χ0v) is 14.9. The monoisotopic (exact) mass is 403 g/mol. The zero-order chi connectivity index (χ0) is 14.7. The molecule has 1 aromatic rings. The van der Waals surface area contributed by atoms with Gasteiger partial charge >= 0.3 is 5.97 Å². The van der Waals surface area contributed by atoms with Gasteiger partial charge in [-0.15, -0.1) is 0 Å². The van der Waals surface area contributed by atoms with Gasteiger partial charge in [-0.2, -0.15) is 0 Å². The first-order chi connectivity index (χ1) is 9.51. The smallest absolute Gasteiger partial charge is 0.340 e. The van der Waals surface area contributed by atoms with Crippen molar-refractivity contribution in [1.82, 2.24) is 0 Å². The van der Waals surface area contributed by atoms with Gasteiger partial charge in [-0.05, 0) is 46.8 Å². The van der Waals surface area contributed by atoms with Gasteiger partial charge in [-0.25, -0.2) is 4.79 Å². The van der Waals surface area contributed by atoms with E-state index in [2.05, 4.69) is 44.1 Å². The quantitative estimate of drug-likeness (QED) is 0.721. The van der Waals surface area contributed by atoms with Crippen molar-refractivity contribution in [3.8, 4) is 0 Å². The van der Waals surface area contributed by atoms with Crippen molar-refractivity contribution in [3.05, 3.63) is 26.6 Å². The van der Waals surface area contributed by atoms with Crippen LogP contribution in [0.25, 0.3) is 0 Å². The molecule has 0 bridgehead atoms. The average molecular weight is 405 g/mol. The van der Waals surface area contributed by atoms with Crippen molar-refractivity contribution in [2.45, 2.75) is 38.6 Å². The molecular formula is C15H19Br2NO2. The number of carbonyl (C=O) groups excluding carboxylic acids is 1. The molecule has 1 fully saturated rings. The Hall–Kier alpha value is -0.550. The molecule has 2 rings (SSSR count). The van der Waals surface area contributed by atoms with Gasteiger partial charge in [0, 0.05) is 15.0 Å². The summed E-state index contributed by atoms with van der Waals surface area (Å²) in [4.78, 5) is 11.9. The first-order valence-electron chi connectivity index (χ1n) is 6.85. The molecule has 0 radical (unpaired) electrons. The topological polar surface area (TPSA) is 38.3 Å². The minimum atomic E-state index is -0.321. The van der Waals surface area contributed by atoms with Gasteiger partial charge < -0.3 is 10.1 Å². The van der Waals surface area contributed by atoms with E-state index in [1.165, 1.54) is 20.0 Å². The highest BCUT2D eigenvalue weighted by Gasteiger charge is 2.22. The second kappa shape index (κ2) is 6.94. The summed E-state index contributed by atoms with van der Waals surface area (Å²) in [6.45, 7) is 2.28. The third-order valence-electron chi connectivity index (χ3n) is 3.75. The molecule has 2 unspecified atom stereocenters. The van der Waals surface area contributed by atoms with E-state index >= 15 is 0 Å². The Morgan fingerprint density at radius 1 is 1.35 bits per heavy atom. The summed E-state index contributed by atoms with van der Waals surface area (Å²) >= 11 is 6.95. The molecule has 110 valence electrons. The van der Waals surface area contributed by atoms with Crippen LogP contribution in [-0.4, -0.2) is 19.1 Å². The summed E-state index contributed by atoms with van der Waals surface area (Å²) in [5.41, 5.74) is 1.39. The summed E-state index contributed by atoms with van der Waals surface area (Å²) in [5, 5.41) is 3.52. The lowest BCUT2D eigenvalue weighted by Gasteiger charge is -2.29. The predicted octanol–water partition coefficient (Wildman–Crippen LogP) is 4.99. The number of hydrogen-bond donors (Lipinski definition) is 1. The van der Waals surface area contributed by atoms with Crippen LogP contribution < -0.4 is 5.32 Å². The van der Waals surface area contributed by atoms with E-state index in [0.717, 1.165) is 33.4 Å². The summed E-state index contributed by atoms with van der Waals surface area (Å²) in [6.07, 6.45) is 4.82. The molecule has 1 aliphatic rings. The van der Waals surface area contributed by atoms with Crippen LogP contribution in [0.15, 0.2) is 21.1 Å². The number of nitrogens with one attached hydrogen (secondary N) is 1. The number of esters is 1. The van der Waals surface area contributed by atoms with Crippen LogP contribution in [0.3, 0.4) is 0 Å². The zero-order valence-electron chi connectivity index (χ0n) is 11.7. The molecule has 0 aromatic heterocycles. The van der Waals surface area contributed by atoms with Gasteiger partial charge in [0.05, 0.1) is 18.4 Å². The van der Waals surface area contributed by atoms with E-state index in [1.54, 1.807) is 6.07 Å². The second-order valence-corrected chi connectivity index (χ2v) is 7.18. The van der Waals surface area contributed by atoms with Crippen LogP contribution in [0, 0.1) is 5.92 Å².